The van der Waals surface area contributed by atoms with Gasteiger partial charge in [0.1, 0.15) is 12.4 Å². The Labute approximate surface area is 174 Å². The molecular weight excluding hydrogens is 377 g/mol. The molecule has 0 saturated carbocycles. The van der Waals surface area contributed by atoms with Crippen molar-refractivity contribution in [1.29, 1.82) is 0 Å². The first kappa shape index (κ1) is 18.6. The summed E-state index contributed by atoms with van der Waals surface area (Å²) in [5.41, 5.74) is 5.87. The fourth-order valence-corrected chi connectivity index (χ4v) is 4.38. The van der Waals surface area contributed by atoms with E-state index in [1.807, 2.05) is 60.7 Å². The summed E-state index contributed by atoms with van der Waals surface area (Å²) in [6.07, 6.45) is 2.06. The van der Waals surface area contributed by atoms with E-state index in [1.54, 1.807) is 12.1 Å². The average Bonchev–Trinajstić information content (AvgIpc) is 3.16. The Kier molecular flexibility index (Phi) is 4.83. The zero-order chi connectivity index (χ0) is 20.5. The van der Waals surface area contributed by atoms with Crippen LogP contribution in [0.15, 0.2) is 72.8 Å². The lowest BCUT2D eigenvalue weighted by Crippen LogP contribution is -2.24. The van der Waals surface area contributed by atoms with E-state index in [-0.39, 0.29) is 24.3 Å². The van der Waals surface area contributed by atoms with E-state index in [0.717, 1.165) is 51.7 Å². The number of benzene rings is 3. The number of carbonyl (C=O) groups is 1. The number of H-pyrrole nitrogens is 1. The predicted octanol–water partition coefficient (Wildman–Crippen LogP) is 5.82. The van der Waals surface area contributed by atoms with Crippen LogP contribution in [0.2, 0.25) is 0 Å². The summed E-state index contributed by atoms with van der Waals surface area (Å²) < 4.78 is 20.1. The molecule has 1 aliphatic carbocycles. The molecule has 5 rings (SSSR count). The molecule has 0 fully saturated rings. The maximum atomic E-state index is 14.5. The quantitative estimate of drug-likeness (QED) is 0.439. The Balaban J connectivity index is 1.43. The molecule has 150 valence electrons. The minimum Gasteiger partial charge on any atom is -0.461 e. The second-order valence-corrected chi connectivity index (χ2v) is 7.86. The fraction of sp³-hybridized carbons (Fsp3) is 0.192. The summed E-state index contributed by atoms with van der Waals surface area (Å²) in [5, 5.41) is 0.865. The van der Waals surface area contributed by atoms with Gasteiger partial charge < -0.3 is 9.72 Å². The lowest BCUT2D eigenvalue weighted by molar-refractivity contribution is -0.150. The monoisotopic (exact) mass is 399 g/mol. The molecule has 0 spiro atoms. The van der Waals surface area contributed by atoms with Crippen molar-refractivity contribution < 1.29 is 13.9 Å². The Bertz CT molecular complexity index is 1200. The van der Waals surface area contributed by atoms with Crippen molar-refractivity contribution in [3.8, 4) is 11.1 Å². The second-order valence-electron chi connectivity index (χ2n) is 7.86. The van der Waals surface area contributed by atoms with Gasteiger partial charge in [-0.1, -0.05) is 60.7 Å². The second kappa shape index (κ2) is 7.79. The summed E-state index contributed by atoms with van der Waals surface area (Å²) >= 11 is 0. The van der Waals surface area contributed by atoms with Gasteiger partial charge in [-0.05, 0) is 48.1 Å². The molecule has 0 saturated heterocycles. The molecule has 1 unspecified atom stereocenters. The lowest BCUT2D eigenvalue weighted by Gasteiger charge is -2.21. The van der Waals surface area contributed by atoms with Crippen LogP contribution in [-0.2, 0) is 29.0 Å². The Morgan fingerprint density at radius 3 is 2.53 bits per heavy atom. The molecule has 1 aliphatic rings. The van der Waals surface area contributed by atoms with Crippen molar-refractivity contribution in [3.05, 3.63) is 95.4 Å². The Morgan fingerprint density at radius 2 is 1.77 bits per heavy atom. The molecular formula is C26H22FNO2. The number of nitrogens with one attached hydrogen (secondary N) is 1. The van der Waals surface area contributed by atoms with Crippen LogP contribution in [0.5, 0.6) is 0 Å². The number of aromatic amines is 1. The van der Waals surface area contributed by atoms with Crippen molar-refractivity contribution in [1.82, 2.24) is 4.98 Å². The third-order valence-corrected chi connectivity index (χ3v) is 5.90. The van der Waals surface area contributed by atoms with Crippen LogP contribution in [0.1, 0.15) is 23.2 Å². The van der Waals surface area contributed by atoms with Gasteiger partial charge >= 0.3 is 5.97 Å². The van der Waals surface area contributed by atoms with E-state index in [2.05, 4.69) is 4.98 Å². The SMILES string of the molecule is O=C(OCc1ccccc1)C1CCc2[nH]c3c(-c4ccccc4)cc(F)cc3c2C1. The molecule has 4 heteroatoms. The summed E-state index contributed by atoms with van der Waals surface area (Å²) in [4.78, 5) is 16.2. The van der Waals surface area contributed by atoms with Crippen LogP contribution in [-0.4, -0.2) is 11.0 Å². The number of esters is 1. The lowest BCUT2D eigenvalue weighted by atomic mass is 9.86. The molecule has 0 aliphatic heterocycles. The molecule has 1 heterocycles. The number of aryl methyl sites for hydroxylation is 1. The summed E-state index contributed by atoms with van der Waals surface area (Å²) in [7, 11) is 0. The molecule has 0 radical (unpaired) electrons. The third-order valence-electron chi connectivity index (χ3n) is 5.90. The minimum atomic E-state index is -0.267. The zero-order valence-electron chi connectivity index (χ0n) is 16.5. The first-order valence-electron chi connectivity index (χ1n) is 10.3. The van der Waals surface area contributed by atoms with Crippen LogP contribution < -0.4 is 0 Å². The van der Waals surface area contributed by atoms with Gasteiger partial charge in [0.2, 0.25) is 0 Å². The van der Waals surface area contributed by atoms with Crippen LogP contribution in [0.4, 0.5) is 4.39 Å². The summed E-state index contributed by atoms with van der Waals surface area (Å²) in [6.45, 7) is 0.281. The number of aromatic nitrogens is 1. The first-order valence-corrected chi connectivity index (χ1v) is 10.3. The largest absolute Gasteiger partial charge is 0.461 e. The van der Waals surface area contributed by atoms with Crippen molar-refractivity contribution in [2.45, 2.75) is 25.9 Å². The minimum absolute atomic E-state index is 0.182. The van der Waals surface area contributed by atoms with Gasteiger partial charge in [0, 0.05) is 16.6 Å². The van der Waals surface area contributed by atoms with Gasteiger partial charge in [-0.3, -0.25) is 4.79 Å². The van der Waals surface area contributed by atoms with Crippen LogP contribution in [0, 0.1) is 11.7 Å². The first-order chi connectivity index (χ1) is 14.7. The van der Waals surface area contributed by atoms with Crippen molar-refractivity contribution >= 4 is 16.9 Å². The topological polar surface area (TPSA) is 42.1 Å². The van der Waals surface area contributed by atoms with Gasteiger partial charge in [0.05, 0.1) is 11.4 Å². The maximum absolute atomic E-state index is 14.5. The number of halogens is 1. The molecule has 1 aromatic heterocycles. The number of ether oxygens (including phenoxy) is 1. The highest BCUT2D eigenvalue weighted by Gasteiger charge is 2.29. The van der Waals surface area contributed by atoms with Gasteiger partial charge in [-0.2, -0.15) is 0 Å². The van der Waals surface area contributed by atoms with Gasteiger partial charge in [0.25, 0.3) is 0 Å². The number of hydrogen-bond acceptors (Lipinski definition) is 2. The van der Waals surface area contributed by atoms with Gasteiger partial charge in [-0.15, -0.1) is 0 Å². The molecule has 1 atom stereocenters. The third kappa shape index (κ3) is 3.50. The van der Waals surface area contributed by atoms with Crippen LogP contribution in [0.3, 0.4) is 0 Å². The normalized spacial score (nSPS) is 15.7. The molecule has 0 amide bonds. The molecule has 0 bridgehead atoms. The zero-order valence-corrected chi connectivity index (χ0v) is 16.5. The van der Waals surface area contributed by atoms with Gasteiger partial charge in [-0.25, -0.2) is 4.39 Å². The van der Waals surface area contributed by atoms with E-state index >= 15 is 0 Å². The van der Waals surface area contributed by atoms with Crippen LogP contribution >= 0.6 is 0 Å². The molecule has 3 nitrogen and oxygen atoms in total. The van der Waals surface area contributed by atoms with E-state index in [4.69, 9.17) is 4.74 Å². The molecule has 4 aromatic rings. The summed E-state index contributed by atoms with van der Waals surface area (Å²) in [5.74, 6) is -0.654. The standard InChI is InChI=1S/C26H22FNO2/c27-20-14-21(18-9-5-2-6-10-18)25-23(15-20)22-13-19(11-12-24(22)28-25)26(29)30-16-17-7-3-1-4-8-17/h1-10,14-15,19,28H,11-13,16H2. The van der Waals surface area contributed by atoms with Crippen LogP contribution in [0.25, 0.3) is 22.0 Å². The Morgan fingerprint density at radius 1 is 1.03 bits per heavy atom. The average molecular weight is 399 g/mol. The van der Waals surface area contributed by atoms with E-state index in [9.17, 15) is 9.18 Å². The molecule has 1 N–H and O–H groups in total. The smallest absolute Gasteiger partial charge is 0.309 e. The highest BCUT2D eigenvalue weighted by atomic mass is 19.1. The molecule has 30 heavy (non-hydrogen) atoms. The maximum Gasteiger partial charge on any atom is 0.309 e. The van der Waals surface area contributed by atoms with E-state index in [1.165, 1.54) is 0 Å². The highest BCUT2D eigenvalue weighted by molar-refractivity contribution is 5.97. The Hall–Kier alpha value is -3.40. The van der Waals surface area contributed by atoms with Gasteiger partial charge in [0.15, 0.2) is 0 Å². The number of hydrogen-bond donors (Lipinski definition) is 1. The number of fused-ring (bicyclic) bond motifs is 3. The number of rotatable bonds is 4. The van der Waals surface area contributed by atoms with Crippen molar-refractivity contribution in [3.63, 3.8) is 0 Å². The van der Waals surface area contributed by atoms with Crippen molar-refractivity contribution in [2.24, 2.45) is 5.92 Å². The fourth-order valence-electron chi connectivity index (χ4n) is 4.38. The van der Waals surface area contributed by atoms with E-state index in [0.29, 0.717) is 6.42 Å². The van der Waals surface area contributed by atoms with E-state index < -0.39 is 0 Å². The molecule has 3 aromatic carbocycles. The predicted molar refractivity (Wildman–Crippen MR) is 115 cm³/mol. The van der Waals surface area contributed by atoms with Crippen molar-refractivity contribution in [2.75, 3.05) is 0 Å². The number of carbonyl (C=O) groups excluding carboxylic acids is 1. The highest BCUT2D eigenvalue weighted by Crippen LogP contribution is 2.37. The summed E-state index contributed by atoms with van der Waals surface area (Å²) in [6, 6.07) is 22.7.